The van der Waals surface area contributed by atoms with Crippen molar-refractivity contribution in [2.75, 3.05) is 13.2 Å². The zero-order valence-electron chi connectivity index (χ0n) is 16.7. The first-order chi connectivity index (χ1) is 14.7. The van der Waals surface area contributed by atoms with E-state index in [4.69, 9.17) is 9.47 Å². The highest BCUT2D eigenvalue weighted by Crippen LogP contribution is 2.14. The largest absolute Gasteiger partial charge is 0.489 e. The average molecular weight is 408 g/mol. The summed E-state index contributed by atoms with van der Waals surface area (Å²) in [4.78, 5) is 12.5. The zero-order valence-corrected chi connectivity index (χ0v) is 16.7. The van der Waals surface area contributed by atoms with E-state index in [2.05, 4.69) is 5.32 Å². The van der Waals surface area contributed by atoms with E-state index in [-0.39, 0.29) is 18.0 Å². The topological polar surface area (TPSA) is 52.5 Å². The van der Waals surface area contributed by atoms with Crippen molar-refractivity contribution in [1.29, 1.82) is 0 Å². The van der Waals surface area contributed by atoms with Crippen LogP contribution in [0.15, 0.2) is 71.7 Å². The van der Waals surface area contributed by atoms with Gasteiger partial charge in [0.25, 0.3) is 5.56 Å². The molecule has 1 aliphatic rings. The van der Waals surface area contributed by atoms with Gasteiger partial charge >= 0.3 is 0 Å². The van der Waals surface area contributed by atoms with E-state index in [0.29, 0.717) is 18.4 Å². The Morgan fingerprint density at radius 3 is 2.43 bits per heavy atom. The van der Waals surface area contributed by atoms with Crippen LogP contribution in [-0.4, -0.2) is 23.8 Å². The van der Waals surface area contributed by atoms with Gasteiger partial charge < -0.3 is 14.8 Å². The van der Waals surface area contributed by atoms with Crippen molar-refractivity contribution in [3.8, 4) is 11.4 Å². The van der Waals surface area contributed by atoms with Crippen LogP contribution in [0.3, 0.4) is 0 Å². The lowest BCUT2D eigenvalue weighted by atomic mass is 10.2. The number of ether oxygens (including phenoxy) is 2. The molecule has 5 nitrogen and oxygen atoms in total. The number of rotatable bonds is 8. The molecule has 1 N–H and O–H groups in total. The predicted octanol–water partition coefficient (Wildman–Crippen LogP) is 3.82. The highest BCUT2D eigenvalue weighted by atomic mass is 19.1. The second-order valence-electron chi connectivity index (χ2n) is 7.46. The third-order valence-electron chi connectivity index (χ3n) is 5.17. The summed E-state index contributed by atoms with van der Waals surface area (Å²) in [5.74, 6) is 0.191. The summed E-state index contributed by atoms with van der Waals surface area (Å²) >= 11 is 0. The molecule has 0 bridgehead atoms. The quantitative estimate of drug-likeness (QED) is 0.616. The maximum Gasteiger partial charge on any atom is 0.258 e. The molecule has 156 valence electrons. The maximum atomic E-state index is 13.0. The van der Waals surface area contributed by atoms with Gasteiger partial charge in [-0.25, -0.2) is 4.39 Å². The minimum absolute atomic E-state index is 0.178. The van der Waals surface area contributed by atoms with E-state index >= 15 is 0 Å². The highest BCUT2D eigenvalue weighted by Gasteiger charge is 2.13. The number of hydrogen-bond acceptors (Lipinski definition) is 4. The lowest BCUT2D eigenvalue weighted by Crippen LogP contribution is -2.26. The molecule has 0 unspecified atom stereocenters. The van der Waals surface area contributed by atoms with Crippen LogP contribution in [0, 0.1) is 5.82 Å². The molecule has 1 aliphatic heterocycles. The van der Waals surface area contributed by atoms with Gasteiger partial charge in [0.2, 0.25) is 0 Å². The van der Waals surface area contributed by atoms with E-state index in [0.717, 1.165) is 30.0 Å². The van der Waals surface area contributed by atoms with Gasteiger partial charge in [0, 0.05) is 24.0 Å². The highest BCUT2D eigenvalue weighted by molar-refractivity contribution is 5.36. The Hall–Kier alpha value is -2.96. The Balaban J connectivity index is 1.34. The van der Waals surface area contributed by atoms with Crippen molar-refractivity contribution in [3.63, 3.8) is 0 Å². The van der Waals surface area contributed by atoms with E-state index in [1.54, 1.807) is 29.0 Å². The molecule has 1 aromatic heterocycles. The molecule has 6 heteroatoms. The molecule has 1 saturated heterocycles. The van der Waals surface area contributed by atoms with Crippen molar-refractivity contribution in [3.05, 3.63) is 94.2 Å². The standard InChI is InChI=1S/C24H25FN2O3/c25-20-7-3-19(4-8-20)16-30-23-11-13-27(24(28)14-23)22-9-5-18(6-10-22)15-29-17-21-2-1-12-26-21/h3-11,13-14,21,26H,1-2,12,15-17H2/t21-/m0/s1. The number of pyridine rings is 1. The van der Waals surface area contributed by atoms with Crippen molar-refractivity contribution < 1.29 is 13.9 Å². The fourth-order valence-corrected chi connectivity index (χ4v) is 3.48. The van der Waals surface area contributed by atoms with Gasteiger partial charge in [0.1, 0.15) is 18.2 Å². The monoisotopic (exact) mass is 408 g/mol. The van der Waals surface area contributed by atoms with Gasteiger partial charge in [-0.05, 0) is 60.8 Å². The fraction of sp³-hybridized carbons (Fsp3) is 0.292. The van der Waals surface area contributed by atoms with Crippen LogP contribution in [0.4, 0.5) is 4.39 Å². The normalized spacial score (nSPS) is 16.0. The third kappa shape index (κ3) is 5.34. The Labute approximate surface area is 175 Å². The van der Waals surface area contributed by atoms with E-state index < -0.39 is 0 Å². The van der Waals surface area contributed by atoms with Gasteiger partial charge in [-0.3, -0.25) is 9.36 Å². The van der Waals surface area contributed by atoms with Gasteiger partial charge in [-0.2, -0.15) is 0 Å². The molecular weight excluding hydrogens is 383 g/mol. The first-order valence-corrected chi connectivity index (χ1v) is 10.2. The number of nitrogens with one attached hydrogen (secondary N) is 1. The lowest BCUT2D eigenvalue weighted by Gasteiger charge is -2.12. The molecular formula is C24H25FN2O3. The number of halogens is 1. The van der Waals surface area contributed by atoms with Crippen LogP contribution < -0.4 is 15.6 Å². The Kier molecular flexibility index (Phi) is 6.57. The molecule has 2 heterocycles. The first kappa shape index (κ1) is 20.3. The minimum atomic E-state index is -0.287. The summed E-state index contributed by atoms with van der Waals surface area (Å²) in [5, 5.41) is 3.42. The van der Waals surface area contributed by atoms with Gasteiger partial charge in [0.05, 0.1) is 13.2 Å². The summed E-state index contributed by atoms with van der Waals surface area (Å²) in [5.41, 5.74) is 2.51. The number of nitrogens with zero attached hydrogens (tertiary/aromatic N) is 1. The Morgan fingerprint density at radius 2 is 1.73 bits per heavy atom. The SMILES string of the molecule is O=c1cc(OCc2ccc(F)cc2)ccn1-c1ccc(COC[C@@H]2CCCN2)cc1. The van der Waals surface area contributed by atoms with Crippen LogP contribution in [0.25, 0.3) is 5.69 Å². The number of benzene rings is 2. The van der Waals surface area contributed by atoms with Crippen molar-refractivity contribution in [2.45, 2.75) is 32.1 Å². The summed E-state index contributed by atoms with van der Waals surface area (Å²) in [7, 11) is 0. The van der Waals surface area contributed by atoms with Gasteiger partial charge in [-0.15, -0.1) is 0 Å². The molecule has 1 atom stereocenters. The number of aromatic nitrogens is 1. The van der Waals surface area contributed by atoms with Crippen LogP contribution in [0.5, 0.6) is 5.75 Å². The predicted molar refractivity (Wildman–Crippen MR) is 113 cm³/mol. The first-order valence-electron chi connectivity index (χ1n) is 10.2. The number of hydrogen-bond donors (Lipinski definition) is 1. The van der Waals surface area contributed by atoms with Crippen LogP contribution >= 0.6 is 0 Å². The molecule has 0 spiro atoms. The third-order valence-corrected chi connectivity index (χ3v) is 5.17. The van der Waals surface area contributed by atoms with Crippen molar-refractivity contribution in [1.82, 2.24) is 9.88 Å². The van der Waals surface area contributed by atoms with Crippen LogP contribution in [0.1, 0.15) is 24.0 Å². The smallest absolute Gasteiger partial charge is 0.258 e. The molecule has 30 heavy (non-hydrogen) atoms. The Bertz CT molecular complexity index is 1010. The molecule has 2 aromatic carbocycles. The summed E-state index contributed by atoms with van der Waals surface area (Å²) in [6.07, 6.45) is 4.08. The van der Waals surface area contributed by atoms with Crippen molar-refractivity contribution >= 4 is 0 Å². The molecule has 1 fully saturated rings. The summed E-state index contributed by atoms with van der Waals surface area (Å²) in [6.45, 7) is 2.63. The van der Waals surface area contributed by atoms with Crippen molar-refractivity contribution in [2.24, 2.45) is 0 Å². The molecule has 3 aromatic rings. The zero-order chi connectivity index (χ0) is 20.8. The molecule has 4 rings (SSSR count). The minimum Gasteiger partial charge on any atom is -0.489 e. The maximum absolute atomic E-state index is 13.0. The molecule has 0 saturated carbocycles. The molecule has 0 aliphatic carbocycles. The fourth-order valence-electron chi connectivity index (χ4n) is 3.48. The molecule has 0 radical (unpaired) electrons. The van der Waals surface area contributed by atoms with E-state index in [9.17, 15) is 9.18 Å². The van der Waals surface area contributed by atoms with E-state index in [1.165, 1.54) is 31.0 Å². The van der Waals surface area contributed by atoms with Crippen LogP contribution in [-0.2, 0) is 18.0 Å². The summed E-state index contributed by atoms with van der Waals surface area (Å²) in [6, 6.07) is 17.5. The van der Waals surface area contributed by atoms with E-state index in [1.807, 2.05) is 24.3 Å². The van der Waals surface area contributed by atoms with Crippen LogP contribution in [0.2, 0.25) is 0 Å². The Morgan fingerprint density at radius 1 is 1.00 bits per heavy atom. The van der Waals surface area contributed by atoms with Gasteiger partial charge in [0.15, 0.2) is 0 Å². The summed E-state index contributed by atoms with van der Waals surface area (Å²) < 4.78 is 26.0. The lowest BCUT2D eigenvalue weighted by molar-refractivity contribution is 0.103. The second-order valence-corrected chi connectivity index (χ2v) is 7.46. The average Bonchev–Trinajstić information content (AvgIpc) is 3.28. The molecule has 0 amide bonds. The van der Waals surface area contributed by atoms with Gasteiger partial charge in [-0.1, -0.05) is 24.3 Å². The second kappa shape index (κ2) is 9.69.